The van der Waals surface area contributed by atoms with Gasteiger partial charge in [0.25, 0.3) is 5.91 Å². The molecule has 94 valence electrons. The SMILES string of the molecule is C=CC1c2cc(C)ccc2C(=O)N1c1ccccc1. The molecule has 0 N–H and O–H groups in total. The van der Waals surface area contributed by atoms with Gasteiger partial charge in [-0.1, -0.05) is 42.0 Å². The number of hydrogen-bond acceptors (Lipinski definition) is 1. The molecule has 0 radical (unpaired) electrons. The van der Waals surface area contributed by atoms with Gasteiger partial charge in [-0.25, -0.2) is 0 Å². The molecule has 0 aromatic heterocycles. The highest BCUT2D eigenvalue weighted by Gasteiger charge is 2.35. The van der Waals surface area contributed by atoms with Crippen LogP contribution in [-0.4, -0.2) is 5.91 Å². The molecular formula is C17H15NO. The van der Waals surface area contributed by atoms with Crippen molar-refractivity contribution in [2.75, 3.05) is 4.90 Å². The summed E-state index contributed by atoms with van der Waals surface area (Å²) in [6, 6.07) is 15.6. The Kier molecular flexibility index (Phi) is 2.71. The Morgan fingerprint density at radius 2 is 1.89 bits per heavy atom. The minimum absolute atomic E-state index is 0.0473. The maximum absolute atomic E-state index is 12.6. The summed E-state index contributed by atoms with van der Waals surface area (Å²) < 4.78 is 0. The van der Waals surface area contributed by atoms with E-state index in [1.807, 2.05) is 55.5 Å². The lowest BCUT2D eigenvalue weighted by atomic mass is 10.0. The molecule has 1 aliphatic heterocycles. The smallest absolute Gasteiger partial charge is 0.259 e. The Bertz CT molecular complexity index is 646. The fourth-order valence-electron chi connectivity index (χ4n) is 2.62. The van der Waals surface area contributed by atoms with Crippen LogP contribution in [0.15, 0.2) is 61.2 Å². The summed E-state index contributed by atoms with van der Waals surface area (Å²) in [5.74, 6) is 0.0473. The first-order valence-corrected chi connectivity index (χ1v) is 6.34. The van der Waals surface area contributed by atoms with Gasteiger partial charge in [-0.15, -0.1) is 6.58 Å². The molecule has 0 bridgehead atoms. The van der Waals surface area contributed by atoms with Gasteiger partial charge in [0, 0.05) is 11.3 Å². The molecule has 2 heteroatoms. The Morgan fingerprint density at radius 1 is 1.16 bits per heavy atom. The van der Waals surface area contributed by atoms with Crippen molar-refractivity contribution in [1.29, 1.82) is 0 Å². The van der Waals surface area contributed by atoms with E-state index in [9.17, 15) is 4.79 Å². The van der Waals surface area contributed by atoms with Crippen molar-refractivity contribution in [2.45, 2.75) is 13.0 Å². The third-order valence-electron chi connectivity index (χ3n) is 3.51. The summed E-state index contributed by atoms with van der Waals surface area (Å²) in [4.78, 5) is 14.4. The third kappa shape index (κ3) is 1.76. The van der Waals surface area contributed by atoms with E-state index in [-0.39, 0.29) is 11.9 Å². The number of nitrogens with zero attached hydrogens (tertiary/aromatic N) is 1. The number of carbonyl (C=O) groups is 1. The van der Waals surface area contributed by atoms with Gasteiger partial charge in [-0.05, 0) is 30.7 Å². The highest BCUT2D eigenvalue weighted by molar-refractivity contribution is 6.11. The highest BCUT2D eigenvalue weighted by atomic mass is 16.2. The molecule has 2 aromatic carbocycles. The van der Waals surface area contributed by atoms with Gasteiger partial charge in [0.1, 0.15) is 0 Å². The number of aryl methyl sites for hydroxylation is 1. The molecule has 2 aromatic rings. The molecule has 1 atom stereocenters. The van der Waals surface area contributed by atoms with Gasteiger partial charge in [0.2, 0.25) is 0 Å². The van der Waals surface area contributed by atoms with Crippen molar-refractivity contribution >= 4 is 11.6 Å². The molecule has 0 saturated carbocycles. The van der Waals surface area contributed by atoms with Gasteiger partial charge in [-0.2, -0.15) is 0 Å². The van der Waals surface area contributed by atoms with E-state index < -0.39 is 0 Å². The number of benzene rings is 2. The quantitative estimate of drug-likeness (QED) is 0.739. The molecule has 19 heavy (non-hydrogen) atoms. The van der Waals surface area contributed by atoms with Crippen LogP contribution in [0.1, 0.15) is 27.5 Å². The van der Waals surface area contributed by atoms with Crippen LogP contribution in [-0.2, 0) is 0 Å². The number of para-hydroxylation sites is 1. The minimum Gasteiger partial charge on any atom is -0.297 e. The van der Waals surface area contributed by atoms with Crippen molar-refractivity contribution in [2.24, 2.45) is 0 Å². The zero-order valence-electron chi connectivity index (χ0n) is 10.8. The van der Waals surface area contributed by atoms with Crippen molar-refractivity contribution in [3.63, 3.8) is 0 Å². The maximum Gasteiger partial charge on any atom is 0.259 e. The summed E-state index contributed by atoms with van der Waals surface area (Å²) >= 11 is 0. The standard InChI is InChI=1S/C17H15NO/c1-3-16-15-11-12(2)9-10-14(15)17(19)18(16)13-7-5-4-6-8-13/h3-11,16H,1H2,2H3. The lowest BCUT2D eigenvalue weighted by molar-refractivity contribution is 0.0994. The maximum atomic E-state index is 12.6. The van der Waals surface area contributed by atoms with Gasteiger partial charge in [0.15, 0.2) is 0 Å². The van der Waals surface area contributed by atoms with Crippen molar-refractivity contribution in [1.82, 2.24) is 0 Å². The summed E-state index contributed by atoms with van der Waals surface area (Å²) in [6.07, 6.45) is 1.83. The number of amides is 1. The molecule has 0 spiro atoms. The molecule has 0 aliphatic carbocycles. The van der Waals surface area contributed by atoms with Gasteiger partial charge >= 0.3 is 0 Å². The first kappa shape index (κ1) is 11.7. The molecule has 2 nitrogen and oxygen atoms in total. The Balaban J connectivity index is 2.15. The average Bonchev–Trinajstić information content (AvgIpc) is 2.71. The second-order valence-corrected chi connectivity index (χ2v) is 4.78. The summed E-state index contributed by atoms with van der Waals surface area (Å²) in [7, 11) is 0. The second kappa shape index (κ2) is 4.39. The zero-order valence-corrected chi connectivity index (χ0v) is 10.8. The molecule has 1 amide bonds. The molecule has 1 unspecified atom stereocenters. The van der Waals surface area contributed by atoms with E-state index in [1.165, 1.54) is 0 Å². The first-order valence-electron chi connectivity index (χ1n) is 6.34. The molecule has 1 aliphatic rings. The number of rotatable bonds is 2. The summed E-state index contributed by atoms with van der Waals surface area (Å²) in [5.41, 5.74) is 3.89. The zero-order chi connectivity index (χ0) is 13.4. The molecule has 1 heterocycles. The van der Waals surface area contributed by atoms with E-state index in [1.54, 1.807) is 4.90 Å². The monoisotopic (exact) mass is 249 g/mol. The van der Waals surface area contributed by atoms with E-state index in [4.69, 9.17) is 0 Å². The van der Waals surface area contributed by atoms with E-state index in [0.29, 0.717) is 0 Å². The molecular weight excluding hydrogens is 234 g/mol. The van der Waals surface area contributed by atoms with Gasteiger partial charge in [0.05, 0.1) is 6.04 Å². The van der Waals surface area contributed by atoms with E-state index in [2.05, 4.69) is 12.6 Å². The van der Waals surface area contributed by atoms with Gasteiger partial charge in [-0.3, -0.25) is 9.69 Å². The second-order valence-electron chi connectivity index (χ2n) is 4.78. The number of hydrogen-bond donors (Lipinski definition) is 0. The molecule has 3 rings (SSSR count). The van der Waals surface area contributed by atoms with Crippen molar-refractivity contribution in [3.05, 3.63) is 77.9 Å². The number of carbonyl (C=O) groups excluding carboxylic acids is 1. The van der Waals surface area contributed by atoms with Crippen LogP contribution in [0.25, 0.3) is 0 Å². The minimum atomic E-state index is -0.0789. The van der Waals surface area contributed by atoms with Crippen LogP contribution in [0.3, 0.4) is 0 Å². The van der Waals surface area contributed by atoms with Crippen LogP contribution in [0.2, 0.25) is 0 Å². The third-order valence-corrected chi connectivity index (χ3v) is 3.51. The lowest BCUT2D eigenvalue weighted by Crippen LogP contribution is -2.26. The van der Waals surface area contributed by atoms with Crippen molar-refractivity contribution < 1.29 is 4.79 Å². The van der Waals surface area contributed by atoms with Crippen LogP contribution in [0.4, 0.5) is 5.69 Å². The first-order chi connectivity index (χ1) is 9.22. The Labute approximate surface area is 113 Å². The van der Waals surface area contributed by atoms with Crippen molar-refractivity contribution in [3.8, 4) is 0 Å². The topological polar surface area (TPSA) is 20.3 Å². The fraction of sp³-hybridized carbons (Fsp3) is 0.118. The van der Waals surface area contributed by atoms with Crippen LogP contribution in [0.5, 0.6) is 0 Å². The summed E-state index contributed by atoms with van der Waals surface area (Å²) in [5, 5.41) is 0. The Morgan fingerprint density at radius 3 is 2.58 bits per heavy atom. The normalized spacial score (nSPS) is 17.4. The number of fused-ring (bicyclic) bond motifs is 1. The van der Waals surface area contributed by atoms with Crippen LogP contribution in [0, 0.1) is 6.92 Å². The Hall–Kier alpha value is -2.35. The van der Waals surface area contributed by atoms with Crippen LogP contribution >= 0.6 is 0 Å². The predicted octanol–water partition coefficient (Wildman–Crippen LogP) is 3.88. The molecule has 0 saturated heterocycles. The van der Waals surface area contributed by atoms with Crippen LogP contribution < -0.4 is 4.90 Å². The van der Waals surface area contributed by atoms with Gasteiger partial charge < -0.3 is 0 Å². The van der Waals surface area contributed by atoms with E-state index >= 15 is 0 Å². The molecule has 0 fully saturated rings. The largest absolute Gasteiger partial charge is 0.297 e. The van der Waals surface area contributed by atoms with E-state index in [0.717, 1.165) is 22.4 Å². The number of anilines is 1. The fourth-order valence-corrected chi connectivity index (χ4v) is 2.62. The predicted molar refractivity (Wildman–Crippen MR) is 77.4 cm³/mol. The average molecular weight is 249 g/mol. The summed E-state index contributed by atoms with van der Waals surface area (Å²) in [6.45, 7) is 5.93. The highest BCUT2D eigenvalue weighted by Crippen LogP contribution is 2.38. The lowest BCUT2D eigenvalue weighted by Gasteiger charge is -2.22.